The third-order valence-corrected chi connectivity index (χ3v) is 5.98. The maximum atomic E-state index is 12.7. The number of ether oxygens (including phenoxy) is 3. The van der Waals surface area contributed by atoms with Crippen LogP contribution in [0.5, 0.6) is 17.2 Å². The van der Waals surface area contributed by atoms with Gasteiger partial charge >= 0.3 is 12.1 Å². The minimum absolute atomic E-state index is 0.0514. The van der Waals surface area contributed by atoms with Crippen LogP contribution in [0.2, 0.25) is 0 Å². The Balaban J connectivity index is 1.34. The van der Waals surface area contributed by atoms with Gasteiger partial charge in [-0.25, -0.2) is 9.78 Å². The van der Waals surface area contributed by atoms with E-state index < -0.39 is 18.6 Å². The predicted octanol–water partition coefficient (Wildman–Crippen LogP) is 6.23. The summed E-state index contributed by atoms with van der Waals surface area (Å²) in [5, 5.41) is 9.29. The van der Waals surface area contributed by atoms with Gasteiger partial charge in [-0.05, 0) is 79.6 Å². The van der Waals surface area contributed by atoms with Crippen molar-refractivity contribution < 1.29 is 33.3 Å². The lowest BCUT2D eigenvalue weighted by Crippen LogP contribution is -2.37. The van der Waals surface area contributed by atoms with Gasteiger partial charge in [-0.3, -0.25) is 9.69 Å². The molecule has 1 heterocycles. The number of nitrogens with zero attached hydrogens (tertiary/aromatic N) is 2. The third-order valence-electron chi connectivity index (χ3n) is 5.98. The predicted molar refractivity (Wildman–Crippen MR) is 149 cm³/mol. The molecule has 3 aromatic carbocycles. The number of carboxylic acid groups (broad SMARTS) is 1. The first kappa shape index (κ1) is 28.0. The van der Waals surface area contributed by atoms with Crippen molar-refractivity contribution >= 4 is 17.6 Å². The van der Waals surface area contributed by atoms with Crippen molar-refractivity contribution in [3.05, 3.63) is 102 Å². The van der Waals surface area contributed by atoms with Crippen LogP contribution in [0.3, 0.4) is 0 Å². The molecule has 1 N–H and O–H groups in total. The number of hydrogen-bond acceptors (Lipinski definition) is 7. The summed E-state index contributed by atoms with van der Waals surface area (Å²) in [6, 6.07) is 23.2. The fourth-order valence-corrected chi connectivity index (χ4v) is 3.89. The summed E-state index contributed by atoms with van der Waals surface area (Å²) in [4.78, 5) is 29.8. The van der Waals surface area contributed by atoms with E-state index >= 15 is 0 Å². The summed E-state index contributed by atoms with van der Waals surface area (Å²) in [5.74, 6) is 1.67. The molecule has 0 radical (unpaired) electrons. The zero-order chi connectivity index (χ0) is 28.5. The van der Waals surface area contributed by atoms with Gasteiger partial charge in [-0.1, -0.05) is 30.3 Å². The van der Waals surface area contributed by atoms with E-state index in [1.165, 1.54) is 7.11 Å². The Bertz CT molecular complexity index is 1460. The van der Waals surface area contributed by atoms with Crippen LogP contribution in [0.25, 0.3) is 17.0 Å². The number of methoxy groups -OCH3 is 1. The Morgan fingerprint density at radius 3 is 2.25 bits per heavy atom. The van der Waals surface area contributed by atoms with Gasteiger partial charge in [-0.2, -0.15) is 0 Å². The zero-order valence-corrected chi connectivity index (χ0v) is 22.5. The summed E-state index contributed by atoms with van der Waals surface area (Å²) in [7, 11) is 1.53. The second-order valence-electron chi connectivity index (χ2n) is 8.93. The van der Waals surface area contributed by atoms with Crippen molar-refractivity contribution in [2.75, 3.05) is 20.3 Å². The number of aliphatic carboxylic acids is 1. The summed E-state index contributed by atoms with van der Waals surface area (Å²) in [6.45, 7) is 3.69. The van der Waals surface area contributed by atoms with Gasteiger partial charge < -0.3 is 23.7 Å². The molecule has 0 saturated heterocycles. The fraction of sp³-hybridized carbons (Fsp3) is 0.194. The molecule has 206 valence electrons. The molecule has 0 aliphatic rings. The number of carbonyl (C=O) groups excluding carboxylic acids is 1. The normalized spacial score (nSPS) is 11.1. The van der Waals surface area contributed by atoms with Gasteiger partial charge in [-0.15, -0.1) is 0 Å². The van der Waals surface area contributed by atoms with E-state index in [0.717, 1.165) is 33.1 Å². The molecule has 9 heteroatoms. The fourth-order valence-electron chi connectivity index (χ4n) is 3.89. The monoisotopic (exact) mass is 542 g/mol. The summed E-state index contributed by atoms with van der Waals surface area (Å²) >= 11 is 0. The molecular formula is C31H30N2O7. The molecule has 0 atom stereocenters. The third kappa shape index (κ3) is 7.50. The number of aromatic nitrogens is 1. The minimum Gasteiger partial charge on any atom is -0.497 e. The van der Waals surface area contributed by atoms with Gasteiger partial charge in [0.1, 0.15) is 41.9 Å². The highest BCUT2D eigenvalue weighted by atomic mass is 16.6. The Kier molecular flexibility index (Phi) is 9.19. The molecule has 9 nitrogen and oxygen atoms in total. The molecule has 0 fully saturated rings. The van der Waals surface area contributed by atoms with E-state index in [1.54, 1.807) is 48.5 Å². The van der Waals surface area contributed by atoms with Crippen LogP contribution in [0.1, 0.15) is 23.9 Å². The maximum Gasteiger partial charge on any atom is 0.416 e. The van der Waals surface area contributed by atoms with Crippen molar-refractivity contribution in [1.82, 2.24) is 9.88 Å². The average molecular weight is 543 g/mol. The second kappa shape index (κ2) is 13.1. The summed E-state index contributed by atoms with van der Waals surface area (Å²) < 4.78 is 22.1. The van der Waals surface area contributed by atoms with Crippen molar-refractivity contribution in [1.29, 1.82) is 0 Å². The van der Waals surface area contributed by atoms with Crippen LogP contribution in [-0.2, 0) is 11.3 Å². The summed E-state index contributed by atoms with van der Waals surface area (Å²) in [5.41, 5.74) is 3.34. The largest absolute Gasteiger partial charge is 0.497 e. The van der Waals surface area contributed by atoms with Crippen molar-refractivity contribution in [3.63, 3.8) is 0 Å². The Hall–Kier alpha value is -5.05. The number of amides is 1. The van der Waals surface area contributed by atoms with Crippen molar-refractivity contribution in [3.8, 4) is 28.7 Å². The van der Waals surface area contributed by atoms with Crippen LogP contribution in [-0.4, -0.2) is 47.3 Å². The highest BCUT2D eigenvalue weighted by Gasteiger charge is 2.20. The lowest BCUT2D eigenvalue weighted by molar-refractivity contribution is -0.138. The quantitative estimate of drug-likeness (QED) is 0.238. The van der Waals surface area contributed by atoms with Crippen LogP contribution >= 0.6 is 0 Å². The number of carbonyl (C=O) groups is 2. The van der Waals surface area contributed by atoms with Crippen LogP contribution in [0.4, 0.5) is 4.79 Å². The smallest absolute Gasteiger partial charge is 0.416 e. The van der Waals surface area contributed by atoms with Crippen molar-refractivity contribution in [2.45, 2.75) is 20.4 Å². The van der Waals surface area contributed by atoms with Gasteiger partial charge in [0.05, 0.1) is 7.11 Å². The number of carboxylic acids is 1. The van der Waals surface area contributed by atoms with E-state index in [9.17, 15) is 14.7 Å². The van der Waals surface area contributed by atoms with Gasteiger partial charge in [0.25, 0.3) is 0 Å². The average Bonchev–Trinajstić information content (AvgIpc) is 3.36. The van der Waals surface area contributed by atoms with Crippen molar-refractivity contribution in [2.24, 2.45) is 0 Å². The topological polar surface area (TPSA) is 111 Å². The molecule has 4 rings (SSSR count). The number of rotatable bonds is 11. The molecule has 1 aromatic heterocycles. The number of hydrogen-bond donors (Lipinski definition) is 1. The first-order chi connectivity index (χ1) is 19.3. The van der Waals surface area contributed by atoms with Crippen LogP contribution in [0.15, 0.2) is 89.4 Å². The van der Waals surface area contributed by atoms with Crippen LogP contribution < -0.4 is 14.2 Å². The molecule has 0 saturated carbocycles. The first-order valence-corrected chi connectivity index (χ1v) is 12.6. The number of oxazole rings is 1. The molecule has 0 spiro atoms. The van der Waals surface area contributed by atoms with Gasteiger partial charge in [0.2, 0.25) is 5.89 Å². The van der Waals surface area contributed by atoms with E-state index in [0.29, 0.717) is 24.0 Å². The Labute approximate surface area is 232 Å². The molecule has 0 aliphatic heterocycles. The lowest BCUT2D eigenvalue weighted by atomic mass is 10.2. The first-order valence-electron chi connectivity index (χ1n) is 12.6. The molecule has 1 amide bonds. The Morgan fingerprint density at radius 1 is 0.950 bits per heavy atom. The van der Waals surface area contributed by atoms with E-state index in [4.69, 9.17) is 18.6 Å². The Morgan fingerprint density at radius 2 is 1.60 bits per heavy atom. The molecule has 0 aliphatic carbocycles. The van der Waals surface area contributed by atoms with E-state index in [-0.39, 0.29) is 12.3 Å². The lowest BCUT2D eigenvalue weighted by Gasteiger charge is -2.20. The molecule has 4 aromatic rings. The number of allylic oxidation sites excluding steroid dienone is 1. The molecule has 40 heavy (non-hydrogen) atoms. The van der Waals surface area contributed by atoms with E-state index in [2.05, 4.69) is 4.98 Å². The summed E-state index contributed by atoms with van der Waals surface area (Å²) in [6.07, 6.45) is 1.16. The van der Waals surface area contributed by atoms with Gasteiger partial charge in [0, 0.05) is 12.1 Å². The van der Waals surface area contributed by atoms with E-state index in [1.807, 2.05) is 50.3 Å². The number of benzene rings is 3. The SMILES string of the molecule is COc1ccc(OC(=O)N(CC(=O)O)Cc2ccc(OC/C=C(/C)c3nc(-c4ccccc4)oc3C)cc2)cc1. The maximum absolute atomic E-state index is 12.7. The van der Waals surface area contributed by atoms with Crippen LogP contribution in [0, 0.1) is 6.92 Å². The highest BCUT2D eigenvalue weighted by Crippen LogP contribution is 2.26. The molecule has 0 bridgehead atoms. The second-order valence-corrected chi connectivity index (χ2v) is 8.93. The highest BCUT2D eigenvalue weighted by molar-refractivity contribution is 5.78. The minimum atomic E-state index is -1.15. The van der Waals surface area contributed by atoms with Gasteiger partial charge in [0.15, 0.2) is 0 Å². The molecule has 0 unspecified atom stereocenters. The standard InChI is InChI=1S/C31H30N2O7/c1-21(29-22(2)39-30(32-29)24-7-5-4-6-8-24)17-18-38-26-11-9-23(10-12-26)19-33(20-28(34)35)31(36)40-27-15-13-25(37-3)14-16-27/h4-17H,18-20H2,1-3H3,(H,34,35)/b21-17-. The zero-order valence-electron chi connectivity index (χ0n) is 22.5. The molecular weight excluding hydrogens is 512 g/mol. The number of aryl methyl sites for hydroxylation is 1.